The highest BCUT2D eigenvalue weighted by Crippen LogP contribution is 2.13. The molecule has 390 valence electrons. The maximum Gasteiger partial charge on any atom is 0.408 e. The molecule has 67 heavy (non-hydrogen) atoms. The van der Waals surface area contributed by atoms with Crippen LogP contribution in [-0.4, -0.2) is 145 Å². The summed E-state index contributed by atoms with van der Waals surface area (Å²) in [4.78, 5) is 85.6. The smallest absolute Gasteiger partial charge is 0.408 e. The summed E-state index contributed by atoms with van der Waals surface area (Å²) < 4.78 is 27.1. The molecule has 0 aliphatic carbocycles. The first kappa shape index (κ1) is 62.9. The summed E-state index contributed by atoms with van der Waals surface area (Å²) >= 11 is 0. The lowest BCUT2D eigenvalue weighted by atomic mass is 10.0. The van der Waals surface area contributed by atoms with Crippen molar-refractivity contribution in [1.82, 2.24) is 37.2 Å². The van der Waals surface area contributed by atoms with Gasteiger partial charge in [-0.25, -0.2) is 4.79 Å². The van der Waals surface area contributed by atoms with E-state index in [2.05, 4.69) is 44.1 Å². The van der Waals surface area contributed by atoms with Crippen LogP contribution in [0, 0.1) is 0 Å². The average Bonchev–Trinajstić information content (AvgIpc) is 3.27. The van der Waals surface area contributed by atoms with E-state index in [0.717, 1.165) is 19.3 Å². The summed E-state index contributed by atoms with van der Waals surface area (Å²) in [6.45, 7) is 13.0. The molecule has 0 radical (unpaired) electrons. The van der Waals surface area contributed by atoms with E-state index in [0.29, 0.717) is 65.4 Å². The number of amides is 7. The van der Waals surface area contributed by atoms with Gasteiger partial charge in [0.05, 0.1) is 52.9 Å². The second-order valence-electron chi connectivity index (χ2n) is 17.5. The van der Waals surface area contributed by atoms with Crippen LogP contribution < -0.4 is 37.2 Å². The Labute approximate surface area is 401 Å². The summed E-state index contributed by atoms with van der Waals surface area (Å²) in [7, 11) is 0. The molecule has 0 aromatic rings. The molecule has 7 N–H and O–H groups in total. The predicted molar refractivity (Wildman–Crippen MR) is 258 cm³/mol. The number of hydrogen-bond donors (Lipinski definition) is 7. The standard InChI is InChI=1S/C48H91N7O12/c1-6-8-9-10-11-12-13-14-15-16-17-18-19-21-42(57)50-28-36-66-38-30-52-44(59)24-32-63-34-26-51-43(58)23-22-40(55-47(62)67-48(3,4)5)46(61)54-31-39-64-33-25-45(60)53-29-37-65-35-27-49-41(56)20-7-2/h40H,6-39H2,1-5H3,(H,49,56)(H,50,57)(H,51,58)(H,52,59)(H,53,60)(H,54,61)(H,55,62)/t40-/m0/s1. The molecule has 0 saturated carbocycles. The van der Waals surface area contributed by atoms with Crippen LogP contribution in [0.1, 0.15) is 163 Å². The molecule has 0 heterocycles. The lowest BCUT2D eigenvalue weighted by molar-refractivity contribution is -0.125. The van der Waals surface area contributed by atoms with E-state index >= 15 is 0 Å². The van der Waals surface area contributed by atoms with E-state index in [1.54, 1.807) is 20.8 Å². The highest BCUT2D eigenvalue weighted by atomic mass is 16.6. The fraction of sp³-hybridized carbons (Fsp3) is 0.854. The Kier molecular flexibility index (Phi) is 41.7. The van der Waals surface area contributed by atoms with Crippen LogP contribution in [0.3, 0.4) is 0 Å². The average molecular weight is 958 g/mol. The first-order valence-corrected chi connectivity index (χ1v) is 25.2. The molecule has 7 amide bonds. The van der Waals surface area contributed by atoms with Crippen LogP contribution in [0.15, 0.2) is 0 Å². The quantitative estimate of drug-likeness (QED) is 0.0418. The van der Waals surface area contributed by atoms with Crippen LogP contribution in [0.25, 0.3) is 0 Å². The van der Waals surface area contributed by atoms with Gasteiger partial charge < -0.3 is 60.9 Å². The van der Waals surface area contributed by atoms with Crippen molar-refractivity contribution in [2.24, 2.45) is 0 Å². The Morgan fingerprint density at radius 1 is 0.388 bits per heavy atom. The van der Waals surface area contributed by atoms with Crippen LogP contribution >= 0.6 is 0 Å². The highest BCUT2D eigenvalue weighted by molar-refractivity contribution is 5.86. The van der Waals surface area contributed by atoms with Crippen molar-refractivity contribution in [3.63, 3.8) is 0 Å². The van der Waals surface area contributed by atoms with Gasteiger partial charge in [0, 0.05) is 71.4 Å². The number of unbranched alkanes of at least 4 members (excludes halogenated alkanes) is 12. The van der Waals surface area contributed by atoms with Gasteiger partial charge in [0.25, 0.3) is 0 Å². The monoisotopic (exact) mass is 958 g/mol. The van der Waals surface area contributed by atoms with E-state index in [9.17, 15) is 33.6 Å². The summed E-state index contributed by atoms with van der Waals surface area (Å²) in [6, 6.07) is -1.06. The fourth-order valence-corrected chi connectivity index (χ4v) is 6.39. The minimum absolute atomic E-state index is 0.00589. The van der Waals surface area contributed by atoms with E-state index in [-0.39, 0.29) is 94.7 Å². The molecule has 0 saturated heterocycles. The zero-order chi connectivity index (χ0) is 49.6. The summed E-state index contributed by atoms with van der Waals surface area (Å²) in [5, 5.41) is 19.0. The molecule has 0 rings (SSSR count). The third-order valence-electron chi connectivity index (χ3n) is 9.99. The zero-order valence-corrected chi connectivity index (χ0v) is 42.0. The minimum Gasteiger partial charge on any atom is -0.444 e. The van der Waals surface area contributed by atoms with Crippen molar-refractivity contribution in [1.29, 1.82) is 0 Å². The number of carbonyl (C=O) groups is 7. The first-order valence-electron chi connectivity index (χ1n) is 25.2. The lowest BCUT2D eigenvalue weighted by Crippen LogP contribution is -2.49. The van der Waals surface area contributed by atoms with Crippen molar-refractivity contribution in [2.45, 2.75) is 175 Å². The zero-order valence-electron chi connectivity index (χ0n) is 42.0. The summed E-state index contributed by atoms with van der Waals surface area (Å²) in [6.07, 6.45) is 17.7. The van der Waals surface area contributed by atoms with Crippen LogP contribution in [0.2, 0.25) is 0 Å². The Balaban J connectivity index is 4.04. The SMILES string of the molecule is CCCCCCCCCCCCCCCC(=O)NCCOCCNC(=O)CCOCCNC(=O)CC[C@H](NC(=O)OC(C)(C)C)C(=O)NCCOCCC(=O)NCCOCCNC(=O)CCC. The molecule has 0 spiro atoms. The Morgan fingerprint density at radius 3 is 1.13 bits per heavy atom. The van der Waals surface area contributed by atoms with Gasteiger partial charge in [-0.15, -0.1) is 0 Å². The highest BCUT2D eigenvalue weighted by Gasteiger charge is 2.25. The first-order chi connectivity index (χ1) is 32.3. The predicted octanol–water partition coefficient (Wildman–Crippen LogP) is 4.49. The third kappa shape index (κ3) is 45.5. The molecular weight excluding hydrogens is 867 g/mol. The molecule has 0 unspecified atom stereocenters. The molecule has 19 heteroatoms. The van der Waals surface area contributed by atoms with E-state index in [1.807, 2.05) is 6.92 Å². The van der Waals surface area contributed by atoms with Gasteiger partial charge in [0.15, 0.2) is 0 Å². The van der Waals surface area contributed by atoms with E-state index in [1.165, 1.54) is 70.6 Å². The van der Waals surface area contributed by atoms with Gasteiger partial charge in [0.1, 0.15) is 11.6 Å². The molecule has 0 fully saturated rings. The van der Waals surface area contributed by atoms with Gasteiger partial charge in [-0.2, -0.15) is 0 Å². The Morgan fingerprint density at radius 2 is 0.731 bits per heavy atom. The molecule has 0 aromatic carbocycles. The number of hydrogen-bond acceptors (Lipinski definition) is 12. The van der Waals surface area contributed by atoms with Crippen molar-refractivity contribution >= 4 is 41.5 Å². The molecule has 0 aromatic heterocycles. The summed E-state index contributed by atoms with van der Waals surface area (Å²) in [5.74, 6) is -1.28. The second kappa shape index (κ2) is 44.4. The molecule has 0 bridgehead atoms. The topological polar surface area (TPSA) is 250 Å². The number of ether oxygens (including phenoxy) is 5. The van der Waals surface area contributed by atoms with Gasteiger partial charge in [-0.05, 0) is 40.0 Å². The van der Waals surface area contributed by atoms with Crippen molar-refractivity contribution in [2.75, 3.05) is 92.1 Å². The number of nitrogens with one attached hydrogen (secondary N) is 7. The normalized spacial score (nSPS) is 11.6. The number of carbonyl (C=O) groups excluding carboxylic acids is 7. The molecular formula is C48H91N7O12. The Bertz CT molecular complexity index is 1320. The maximum absolute atomic E-state index is 13.0. The van der Waals surface area contributed by atoms with Crippen LogP contribution in [0.4, 0.5) is 4.79 Å². The van der Waals surface area contributed by atoms with Gasteiger partial charge in [0.2, 0.25) is 35.4 Å². The van der Waals surface area contributed by atoms with Crippen molar-refractivity contribution in [3.05, 3.63) is 0 Å². The van der Waals surface area contributed by atoms with Crippen LogP contribution in [-0.2, 0) is 52.5 Å². The molecule has 0 aliphatic rings. The number of rotatable bonds is 45. The maximum atomic E-state index is 13.0. The molecule has 0 aliphatic heterocycles. The number of alkyl carbamates (subject to hydrolysis) is 1. The molecule has 19 nitrogen and oxygen atoms in total. The largest absolute Gasteiger partial charge is 0.444 e. The Hall–Kier alpha value is -4.07. The summed E-state index contributed by atoms with van der Waals surface area (Å²) in [5.41, 5.74) is -0.802. The minimum atomic E-state index is -1.06. The van der Waals surface area contributed by atoms with Gasteiger partial charge in [-0.3, -0.25) is 28.8 Å². The lowest BCUT2D eigenvalue weighted by Gasteiger charge is -2.23. The van der Waals surface area contributed by atoms with Gasteiger partial charge in [-0.1, -0.05) is 90.9 Å². The van der Waals surface area contributed by atoms with Crippen molar-refractivity contribution < 1.29 is 57.2 Å². The fourth-order valence-electron chi connectivity index (χ4n) is 6.39. The van der Waals surface area contributed by atoms with E-state index < -0.39 is 23.6 Å². The van der Waals surface area contributed by atoms with Gasteiger partial charge >= 0.3 is 6.09 Å². The second-order valence-corrected chi connectivity index (χ2v) is 17.5. The van der Waals surface area contributed by atoms with E-state index in [4.69, 9.17) is 23.7 Å². The molecule has 1 atom stereocenters. The van der Waals surface area contributed by atoms with Crippen LogP contribution in [0.5, 0.6) is 0 Å². The van der Waals surface area contributed by atoms with Crippen molar-refractivity contribution in [3.8, 4) is 0 Å². The third-order valence-corrected chi connectivity index (χ3v) is 9.99.